The van der Waals surface area contributed by atoms with Gasteiger partial charge in [-0.05, 0) is 31.5 Å². The lowest BCUT2D eigenvalue weighted by Crippen LogP contribution is -2.53. The Bertz CT molecular complexity index is 761. The van der Waals surface area contributed by atoms with Crippen molar-refractivity contribution in [1.29, 1.82) is 0 Å². The zero-order valence-corrected chi connectivity index (χ0v) is 15.4. The molecule has 1 N–H and O–H groups in total. The Morgan fingerprint density at radius 2 is 1.31 bits per heavy atom. The number of amides is 3. The van der Waals surface area contributed by atoms with Crippen LogP contribution in [0.15, 0.2) is 48.5 Å². The van der Waals surface area contributed by atoms with Crippen LogP contribution in [0.1, 0.15) is 27.0 Å². The van der Waals surface area contributed by atoms with E-state index in [-0.39, 0.29) is 11.9 Å². The van der Waals surface area contributed by atoms with Crippen molar-refractivity contribution in [3.63, 3.8) is 0 Å². The van der Waals surface area contributed by atoms with Gasteiger partial charge >= 0.3 is 6.03 Å². The van der Waals surface area contributed by atoms with Gasteiger partial charge in [0.25, 0.3) is 5.91 Å². The van der Waals surface area contributed by atoms with Gasteiger partial charge in [-0.15, -0.1) is 0 Å². The Hall–Kier alpha value is -2.82. The summed E-state index contributed by atoms with van der Waals surface area (Å²) in [5.74, 6) is 0.0321. The number of benzene rings is 2. The van der Waals surface area contributed by atoms with Crippen molar-refractivity contribution in [3.05, 3.63) is 70.8 Å². The minimum absolute atomic E-state index is 0.0321. The molecule has 0 saturated carbocycles. The molecular formula is C21H25N3O2. The van der Waals surface area contributed by atoms with E-state index in [0.717, 1.165) is 11.1 Å². The van der Waals surface area contributed by atoms with Crippen molar-refractivity contribution in [1.82, 2.24) is 15.1 Å². The Balaban J connectivity index is 1.48. The molecule has 1 aliphatic heterocycles. The van der Waals surface area contributed by atoms with Crippen LogP contribution in [0.25, 0.3) is 0 Å². The summed E-state index contributed by atoms with van der Waals surface area (Å²) in [5.41, 5.74) is 4.12. The average Bonchev–Trinajstić information content (AvgIpc) is 2.67. The molecule has 3 amide bonds. The van der Waals surface area contributed by atoms with Crippen LogP contribution >= 0.6 is 0 Å². The average molecular weight is 351 g/mol. The van der Waals surface area contributed by atoms with Crippen molar-refractivity contribution in [3.8, 4) is 0 Å². The van der Waals surface area contributed by atoms with Gasteiger partial charge in [0.1, 0.15) is 0 Å². The highest BCUT2D eigenvalue weighted by atomic mass is 16.2. The molecule has 0 aromatic heterocycles. The van der Waals surface area contributed by atoms with E-state index in [2.05, 4.69) is 5.32 Å². The maximum absolute atomic E-state index is 12.5. The van der Waals surface area contributed by atoms with Crippen LogP contribution in [0.2, 0.25) is 0 Å². The van der Waals surface area contributed by atoms with Crippen LogP contribution in [0.3, 0.4) is 0 Å². The van der Waals surface area contributed by atoms with Crippen LogP contribution in [-0.4, -0.2) is 47.9 Å². The number of hydrogen-bond donors (Lipinski definition) is 1. The zero-order chi connectivity index (χ0) is 18.5. The van der Waals surface area contributed by atoms with E-state index in [9.17, 15) is 9.59 Å². The van der Waals surface area contributed by atoms with Gasteiger partial charge in [0.15, 0.2) is 0 Å². The first-order chi connectivity index (χ1) is 12.5. The monoisotopic (exact) mass is 351 g/mol. The van der Waals surface area contributed by atoms with E-state index in [1.165, 1.54) is 5.56 Å². The highest BCUT2D eigenvalue weighted by molar-refractivity contribution is 5.94. The third kappa shape index (κ3) is 4.42. The zero-order valence-electron chi connectivity index (χ0n) is 15.4. The lowest BCUT2D eigenvalue weighted by Gasteiger charge is -2.34. The number of nitrogens with zero attached hydrogens (tertiary/aromatic N) is 2. The van der Waals surface area contributed by atoms with Gasteiger partial charge < -0.3 is 15.1 Å². The molecule has 0 atom stereocenters. The second-order valence-electron chi connectivity index (χ2n) is 6.79. The molecule has 0 bridgehead atoms. The molecule has 1 fully saturated rings. The molecule has 0 radical (unpaired) electrons. The Labute approximate surface area is 154 Å². The van der Waals surface area contributed by atoms with Crippen LogP contribution in [0.4, 0.5) is 4.79 Å². The molecule has 26 heavy (non-hydrogen) atoms. The van der Waals surface area contributed by atoms with E-state index in [4.69, 9.17) is 0 Å². The molecular weight excluding hydrogens is 326 g/mol. The first kappa shape index (κ1) is 18.0. The number of rotatable bonds is 3. The molecule has 5 heteroatoms. The fourth-order valence-electron chi connectivity index (χ4n) is 2.99. The van der Waals surface area contributed by atoms with E-state index in [1.807, 2.05) is 67.3 Å². The second-order valence-corrected chi connectivity index (χ2v) is 6.79. The summed E-state index contributed by atoms with van der Waals surface area (Å²) in [5, 5.41) is 2.95. The molecule has 5 nitrogen and oxygen atoms in total. The smallest absolute Gasteiger partial charge is 0.317 e. The van der Waals surface area contributed by atoms with E-state index < -0.39 is 0 Å². The van der Waals surface area contributed by atoms with Gasteiger partial charge in [0.05, 0.1) is 0 Å². The summed E-state index contributed by atoms with van der Waals surface area (Å²) in [6.45, 7) is 6.79. The number of hydrogen-bond acceptors (Lipinski definition) is 2. The molecule has 2 aromatic carbocycles. The summed E-state index contributed by atoms with van der Waals surface area (Å²) in [4.78, 5) is 28.5. The van der Waals surface area contributed by atoms with Crippen LogP contribution < -0.4 is 5.32 Å². The van der Waals surface area contributed by atoms with Gasteiger partial charge in [-0.25, -0.2) is 4.79 Å². The summed E-state index contributed by atoms with van der Waals surface area (Å²) < 4.78 is 0. The number of carbonyl (C=O) groups is 2. The highest BCUT2D eigenvalue weighted by Crippen LogP contribution is 2.10. The van der Waals surface area contributed by atoms with Crippen molar-refractivity contribution in [2.45, 2.75) is 20.4 Å². The van der Waals surface area contributed by atoms with Crippen LogP contribution in [-0.2, 0) is 6.54 Å². The van der Waals surface area contributed by atoms with Gasteiger partial charge in [0.2, 0.25) is 0 Å². The van der Waals surface area contributed by atoms with Crippen LogP contribution in [0.5, 0.6) is 0 Å². The third-order valence-corrected chi connectivity index (χ3v) is 4.72. The molecule has 1 heterocycles. The minimum Gasteiger partial charge on any atom is -0.335 e. The fraction of sp³-hybridized carbons (Fsp3) is 0.333. The number of carbonyl (C=O) groups excluding carboxylic acids is 2. The summed E-state index contributed by atoms with van der Waals surface area (Å²) in [7, 11) is 0. The molecule has 0 spiro atoms. The maximum Gasteiger partial charge on any atom is 0.317 e. The largest absolute Gasteiger partial charge is 0.335 e. The van der Waals surface area contributed by atoms with Gasteiger partial charge in [-0.2, -0.15) is 0 Å². The van der Waals surface area contributed by atoms with Crippen molar-refractivity contribution in [2.75, 3.05) is 26.2 Å². The normalized spacial score (nSPS) is 14.2. The predicted octanol–water partition coefficient (Wildman–Crippen LogP) is 2.97. The Morgan fingerprint density at radius 3 is 1.88 bits per heavy atom. The van der Waals surface area contributed by atoms with Gasteiger partial charge in [-0.3, -0.25) is 4.79 Å². The van der Waals surface area contributed by atoms with E-state index >= 15 is 0 Å². The van der Waals surface area contributed by atoms with E-state index in [0.29, 0.717) is 38.3 Å². The van der Waals surface area contributed by atoms with Gasteiger partial charge in [0, 0.05) is 38.3 Å². The van der Waals surface area contributed by atoms with Crippen LogP contribution in [0, 0.1) is 13.8 Å². The lowest BCUT2D eigenvalue weighted by atomic mass is 10.1. The standard InChI is InChI=1S/C21H25N3O2/c1-16-3-7-18(8-4-16)15-22-21(26)24-13-11-23(12-14-24)20(25)19-9-5-17(2)6-10-19/h3-10H,11-15H2,1-2H3,(H,22,26). The highest BCUT2D eigenvalue weighted by Gasteiger charge is 2.24. The molecule has 3 rings (SSSR count). The molecule has 136 valence electrons. The molecule has 0 unspecified atom stereocenters. The first-order valence-corrected chi connectivity index (χ1v) is 8.97. The quantitative estimate of drug-likeness (QED) is 0.924. The third-order valence-electron chi connectivity index (χ3n) is 4.72. The maximum atomic E-state index is 12.5. The molecule has 1 aliphatic rings. The molecule has 2 aromatic rings. The first-order valence-electron chi connectivity index (χ1n) is 8.97. The number of aryl methyl sites for hydroxylation is 2. The summed E-state index contributed by atoms with van der Waals surface area (Å²) in [6, 6.07) is 15.7. The van der Waals surface area contributed by atoms with E-state index in [1.54, 1.807) is 4.90 Å². The minimum atomic E-state index is -0.0759. The van der Waals surface area contributed by atoms with Crippen molar-refractivity contribution in [2.24, 2.45) is 0 Å². The topological polar surface area (TPSA) is 52.7 Å². The second kappa shape index (κ2) is 8.04. The predicted molar refractivity (Wildman–Crippen MR) is 102 cm³/mol. The van der Waals surface area contributed by atoms with Crippen molar-refractivity contribution < 1.29 is 9.59 Å². The Kier molecular flexibility index (Phi) is 5.56. The fourth-order valence-corrected chi connectivity index (χ4v) is 2.99. The molecule has 1 saturated heterocycles. The Morgan fingerprint density at radius 1 is 0.808 bits per heavy atom. The molecule has 0 aliphatic carbocycles. The summed E-state index contributed by atoms with van der Waals surface area (Å²) >= 11 is 0. The SMILES string of the molecule is Cc1ccc(CNC(=O)N2CCN(C(=O)c3ccc(C)cc3)CC2)cc1. The lowest BCUT2D eigenvalue weighted by molar-refractivity contribution is 0.0665. The number of urea groups is 1. The summed E-state index contributed by atoms with van der Waals surface area (Å²) in [6.07, 6.45) is 0. The number of nitrogens with one attached hydrogen (secondary N) is 1. The van der Waals surface area contributed by atoms with Crippen molar-refractivity contribution >= 4 is 11.9 Å². The van der Waals surface area contributed by atoms with Gasteiger partial charge in [-0.1, -0.05) is 47.5 Å². The number of piperazine rings is 1.